The van der Waals surface area contributed by atoms with Crippen molar-refractivity contribution in [3.8, 4) is 5.75 Å². The number of fused-ring (bicyclic) bond motifs is 2. The number of benzene rings is 4. The number of hydrogen-bond acceptors (Lipinski definition) is 26. The van der Waals surface area contributed by atoms with Gasteiger partial charge in [-0.25, -0.2) is 4.79 Å². The average molecular weight is 2050 g/mol. The Labute approximate surface area is 849 Å². The Hall–Kier alpha value is -13.8. The molecule has 2 fully saturated rings. The number of para-hydroxylation sites is 1. The number of aromatic amines is 1. The molecule has 45 heteroatoms. The second-order valence-corrected chi connectivity index (χ2v) is 42.8. The summed E-state index contributed by atoms with van der Waals surface area (Å²) < 4.78 is 20.2. The summed E-state index contributed by atoms with van der Waals surface area (Å²) in [5.41, 5.74) is 16.2. The summed E-state index contributed by atoms with van der Waals surface area (Å²) in [6.45, 7) is 22.3. The van der Waals surface area contributed by atoms with Crippen molar-refractivity contribution in [2.45, 2.75) is 286 Å². The Kier molecular flexibility index (Phi) is 42.7. The van der Waals surface area contributed by atoms with Gasteiger partial charge in [0.25, 0.3) is 0 Å². The fraction of sp³-hybridized carbons (Fsp3) is 0.520. The molecule has 0 aliphatic carbocycles. The summed E-state index contributed by atoms with van der Waals surface area (Å²) in [5, 5.41) is 40.1. The summed E-state index contributed by atoms with van der Waals surface area (Å²) in [4.78, 5) is 283. The van der Waals surface area contributed by atoms with Crippen LogP contribution in [0.15, 0.2) is 116 Å². The quantitative estimate of drug-likeness (QED) is 0.0192. The molecule has 4 aromatic carbocycles. The summed E-state index contributed by atoms with van der Waals surface area (Å²) >= 11 is 0. The van der Waals surface area contributed by atoms with Crippen molar-refractivity contribution >= 4 is 156 Å². The number of alkyl carbamates (subject to hydrolysis) is 1. The Morgan fingerprint density at radius 3 is 1.83 bits per heavy atom. The summed E-state index contributed by atoms with van der Waals surface area (Å²) in [5.74, 6) is -17.0. The molecule has 18 amide bonds. The van der Waals surface area contributed by atoms with Crippen LogP contribution in [0.2, 0.25) is 0 Å². The third-order valence-electron chi connectivity index (χ3n) is 23.7. The van der Waals surface area contributed by atoms with Crippen molar-refractivity contribution in [1.29, 1.82) is 0 Å². The maximum Gasteiger partial charge on any atom is 0.407 e. The van der Waals surface area contributed by atoms with Gasteiger partial charge in [-0.1, -0.05) is 100 Å². The van der Waals surface area contributed by atoms with Crippen LogP contribution in [-0.4, -0.2) is 272 Å². The van der Waals surface area contributed by atoms with Crippen LogP contribution in [0, 0.1) is 6.92 Å². The monoisotopic (exact) mass is 2050 g/mol. The second-order valence-electron chi connectivity index (χ2n) is 39.3. The zero-order chi connectivity index (χ0) is 107. The van der Waals surface area contributed by atoms with Crippen LogP contribution in [0.25, 0.3) is 21.7 Å². The fourth-order valence-corrected chi connectivity index (χ4v) is 19.1. The zero-order valence-corrected chi connectivity index (χ0v) is 86.3. The van der Waals surface area contributed by atoms with Crippen molar-refractivity contribution in [1.82, 2.24) is 89.3 Å². The maximum absolute atomic E-state index is 16.6. The predicted octanol–water partition coefficient (Wildman–Crippen LogP) is 1.74. The molecular formula is C100H138N20O23S2. The minimum atomic E-state index is -2.07. The Balaban J connectivity index is 1.26. The Morgan fingerprint density at radius 1 is 0.586 bits per heavy atom. The number of unbranched alkanes of at least 4 members (excludes halogenated alkanes) is 1. The molecule has 0 unspecified atom stereocenters. The van der Waals surface area contributed by atoms with Crippen molar-refractivity contribution in [3.63, 3.8) is 0 Å². The zero-order valence-electron chi connectivity index (χ0n) is 84.7. The Bertz CT molecular complexity index is 5670. The first kappa shape index (κ1) is 116. The van der Waals surface area contributed by atoms with E-state index in [1.165, 1.54) is 80.0 Å². The number of primary amides is 3. The van der Waals surface area contributed by atoms with E-state index in [1.807, 2.05) is 25.1 Å². The number of hydrogen-bond donors (Lipinski definition) is 18. The number of rotatable bonds is 42. The molecule has 2 aliphatic rings. The smallest absolute Gasteiger partial charge is 0.407 e. The minimum absolute atomic E-state index is 0.00115. The van der Waals surface area contributed by atoms with E-state index in [1.54, 1.807) is 114 Å². The first-order valence-corrected chi connectivity index (χ1v) is 49.9. The molecule has 2 aliphatic heterocycles. The van der Waals surface area contributed by atoms with E-state index < -0.39 is 237 Å². The number of ether oxygens (including phenoxy) is 4. The lowest BCUT2D eigenvalue weighted by Crippen LogP contribution is -2.67. The van der Waals surface area contributed by atoms with E-state index in [0.717, 1.165) is 44.4 Å². The lowest BCUT2D eigenvalue weighted by atomic mass is 9.87. The maximum atomic E-state index is 16.6. The molecule has 4 heterocycles. The molecule has 145 heavy (non-hydrogen) atoms. The number of likely N-dealkylation sites (N-methyl/N-ethyl adjacent to an activating group) is 1. The van der Waals surface area contributed by atoms with E-state index in [9.17, 15) is 52.7 Å². The number of carbonyl (C=O) groups excluding carboxylic acids is 19. The normalized spacial score (nSPS) is 19.1. The number of H-pyrrole nitrogens is 1. The summed E-state index contributed by atoms with van der Waals surface area (Å²) in [6, 6.07) is 8.10. The van der Waals surface area contributed by atoms with Crippen LogP contribution in [0.5, 0.6) is 5.75 Å². The minimum Gasteiger partial charge on any atom is -0.492 e. The van der Waals surface area contributed by atoms with Gasteiger partial charge in [0.1, 0.15) is 95.7 Å². The van der Waals surface area contributed by atoms with E-state index in [0.29, 0.717) is 38.5 Å². The summed E-state index contributed by atoms with van der Waals surface area (Å²) in [7, 11) is 3.06. The van der Waals surface area contributed by atoms with Crippen LogP contribution in [-0.2, 0) is 126 Å². The van der Waals surface area contributed by atoms with E-state index in [4.69, 9.17) is 36.1 Å². The molecule has 0 saturated carbocycles. The highest BCUT2D eigenvalue weighted by atomic mass is 33.1. The van der Waals surface area contributed by atoms with Crippen LogP contribution >= 0.6 is 21.6 Å². The number of amides is 18. The lowest BCUT2D eigenvalue weighted by Gasteiger charge is -2.39. The number of Topliss-reactive ketones (excluding diaryl/α,β-unsaturated/α-hetero) is 1. The highest BCUT2D eigenvalue weighted by Crippen LogP contribution is 2.47. The molecule has 2 saturated heterocycles. The van der Waals surface area contributed by atoms with Gasteiger partial charge in [-0.3, -0.25) is 86.5 Å². The first-order valence-electron chi connectivity index (χ1n) is 47.8. The Morgan fingerprint density at radius 2 is 1.19 bits per heavy atom. The molecule has 6 aromatic rings. The molecule has 0 bridgehead atoms. The highest BCUT2D eigenvalue weighted by Gasteiger charge is 2.49. The van der Waals surface area contributed by atoms with Gasteiger partial charge in [0.2, 0.25) is 100 Å². The summed E-state index contributed by atoms with van der Waals surface area (Å²) in [6.07, 6.45) is -1.90. The molecule has 0 spiro atoms. The van der Waals surface area contributed by atoms with Crippen molar-refractivity contribution < 1.29 is 110 Å². The van der Waals surface area contributed by atoms with Crippen LogP contribution in [0.4, 0.5) is 4.79 Å². The lowest BCUT2D eigenvalue weighted by molar-refractivity contribution is -0.142. The van der Waals surface area contributed by atoms with Crippen molar-refractivity contribution in [2.75, 3.05) is 46.5 Å². The SMILES string of the molecule is CC(=O)CC[C@H](NC(=O)C1(NC(=O)[C@H](Cc2ccc3ccccc3c2)NC(=O)[C@H](Cc2ccc(OCCNC(=O)OC(C)(C)C)cc2)NC(=O)[C@H]2NC(=O)[C@H](CCCCNC(C)=O)NC(=O)[C@H](Cc3c[nH]c4c(C)cccc34)NC(=O)[C@H]([C@@H](C)OC(C)(C)C)NC(=O)[C@H](CC(N)=O)NC(=O)[C@@H](NC(C)=O)C(C)(C)SSC2(C)C)CCOCC1)C(=O)N[C@@H](CC(N)=O)C(=O)N[C@@H](Cc1cccnc1)C(=O)N(C)CC(N)=O. The van der Waals surface area contributed by atoms with Gasteiger partial charge in [-0.2, -0.15) is 0 Å². The molecular weight excluding hydrogens is 1910 g/mol. The van der Waals surface area contributed by atoms with Gasteiger partial charge in [0.15, 0.2) is 0 Å². The molecule has 21 N–H and O–H groups in total. The third-order valence-corrected chi connectivity index (χ3v) is 27.9. The van der Waals surface area contributed by atoms with Gasteiger partial charge in [-0.05, 0) is 172 Å². The van der Waals surface area contributed by atoms with Gasteiger partial charge in [-0.15, -0.1) is 0 Å². The second kappa shape index (κ2) is 53.1. The molecule has 0 radical (unpaired) electrons. The van der Waals surface area contributed by atoms with Gasteiger partial charge in [0, 0.05) is 125 Å². The van der Waals surface area contributed by atoms with Crippen LogP contribution in [0.1, 0.15) is 183 Å². The fourth-order valence-electron chi connectivity index (χ4n) is 16.3. The van der Waals surface area contributed by atoms with Gasteiger partial charge < -0.3 is 125 Å². The van der Waals surface area contributed by atoms with E-state index >= 15 is 38.4 Å². The third kappa shape index (κ3) is 36.8. The number of nitrogens with two attached hydrogens (primary N) is 3. The molecule has 2 aromatic heterocycles. The number of aryl methyl sites for hydroxylation is 1. The number of pyridine rings is 1. The number of nitrogens with zero attached hydrogens (tertiary/aromatic N) is 2. The predicted molar refractivity (Wildman–Crippen MR) is 541 cm³/mol. The highest BCUT2D eigenvalue weighted by molar-refractivity contribution is 8.77. The van der Waals surface area contributed by atoms with E-state index in [2.05, 4.69) is 84.4 Å². The molecule has 12 atom stereocenters. The first-order chi connectivity index (χ1) is 68.1. The molecule has 8 rings (SSSR count). The molecule has 788 valence electrons. The standard InChI is InChI=1S/C100H138N20O23S2/c1-55-23-21-27-67-65(53-107-79(55)67)49-72-86(130)109-68(28-19-20-40-105-58(4)122)84(128)118-82(99(14,15)145-144-98(12,13)81(108-59(5)123)91(135)114-74(51-77(102)125)88(132)117-80(90(134)112-72)57(3)142-96(6,7)8)92(136)113-70(46-60-31-34-66(35-32-60)141-44-41-106-95(139)143-97(9,10)11)85(129)110-71(47-61-30-33-63-25-17-18-26-64(63)45-61)89(133)119-100(37-42-140-43-38-100)94(138)116-69(36-29-56(2)121)83(127)111-73(50-76(101)124)87(131)115-75(48-62-24-22-39-104-52-62)93(137)120(16)54-78(103)126/h17-18,21-27,30-35,39,45,52-53,57,68-75,80-82,107H,19-20,28-29,36-38,40-44,46-51,54H2,1-16H3,(H2,101,124)(H2,102,125)(H2,103,126)(H,105,122)(H,106,139)(H,108,123)(H,109,130)(H,110,129)(H,111,127)(H,112,134)(H,113,136)(H,114,135)(H,115,131)(H,116,138)(H,117,132)(H,118,128)(H,119,133)/t57-,68+,69+,70+,71+,72+,73+,74+,75+,80+,81-,82-/m1/s1. The number of ketones is 1. The van der Waals surface area contributed by atoms with Crippen molar-refractivity contribution in [3.05, 3.63) is 143 Å². The molecule has 43 nitrogen and oxygen atoms in total. The van der Waals surface area contributed by atoms with Gasteiger partial charge in [0.05, 0.1) is 37.6 Å². The van der Waals surface area contributed by atoms with Crippen molar-refractivity contribution in [2.24, 2.45) is 17.2 Å². The van der Waals surface area contributed by atoms with Crippen LogP contribution in [0.3, 0.4) is 0 Å². The number of nitrogens with one attached hydrogen (secondary N) is 15. The van der Waals surface area contributed by atoms with E-state index in [-0.39, 0.29) is 102 Å². The number of carbonyl (C=O) groups is 19. The topological polar surface area (TPSA) is 640 Å². The van der Waals surface area contributed by atoms with Crippen LogP contribution < -0.4 is 96.4 Å². The average Bonchev–Trinajstić information content (AvgIpc) is 1.57. The largest absolute Gasteiger partial charge is 0.492 e. The van der Waals surface area contributed by atoms with Gasteiger partial charge >= 0.3 is 6.09 Å². The number of aromatic nitrogens is 2.